The Kier molecular flexibility index (Phi) is 2.18. The Hall–Kier alpha value is -3.34. The highest BCUT2D eigenvalue weighted by atomic mass is 16.5. The van der Waals surface area contributed by atoms with Gasteiger partial charge in [0, 0.05) is 22.7 Å². The van der Waals surface area contributed by atoms with Crippen molar-refractivity contribution < 1.29 is 9.94 Å². The van der Waals surface area contributed by atoms with Gasteiger partial charge in [0.05, 0.1) is 0 Å². The molecule has 0 spiro atoms. The molecular weight excluding hydrogens is 290 g/mol. The Balaban J connectivity index is 1.92. The van der Waals surface area contributed by atoms with Gasteiger partial charge in [-0.05, 0) is 34.4 Å². The molecule has 0 fully saturated rings. The molecule has 2 aromatic heterocycles. The number of rotatable bonds is 1. The quantitative estimate of drug-likeness (QED) is 0.294. The lowest BCUT2D eigenvalue weighted by molar-refractivity contribution is -0.582. The molecule has 1 aliphatic rings. The Morgan fingerprint density at radius 2 is 1.74 bits per heavy atom. The molecule has 0 atom stereocenters. The van der Waals surface area contributed by atoms with Gasteiger partial charge in [-0.15, -0.1) is 0 Å². The fourth-order valence-electron chi connectivity index (χ4n) is 3.42. The Morgan fingerprint density at radius 3 is 2.48 bits per heavy atom. The zero-order valence-electron chi connectivity index (χ0n) is 12.0. The van der Waals surface area contributed by atoms with Crippen molar-refractivity contribution in [3.8, 4) is 34.0 Å². The van der Waals surface area contributed by atoms with Crippen molar-refractivity contribution in [2.75, 3.05) is 0 Å². The summed E-state index contributed by atoms with van der Waals surface area (Å²) in [5.41, 5.74) is 3.13. The van der Waals surface area contributed by atoms with E-state index in [0.29, 0.717) is 17.1 Å². The number of aromatic nitrogens is 3. The molecule has 5 nitrogen and oxygen atoms in total. The van der Waals surface area contributed by atoms with Crippen LogP contribution in [0.25, 0.3) is 44.8 Å². The van der Waals surface area contributed by atoms with E-state index in [4.69, 9.17) is 0 Å². The molecule has 5 heteroatoms. The maximum absolute atomic E-state index is 12.9. The van der Waals surface area contributed by atoms with Gasteiger partial charge in [0.2, 0.25) is 5.69 Å². The van der Waals surface area contributed by atoms with Crippen LogP contribution in [0.1, 0.15) is 0 Å². The minimum absolute atomic E-state index is 0.127. The van der Waals surface area contributed by atoms with Gasteiger partial charge in [0.25, 0.3) is 0 Å². The zero-order valence-corrected chi connectivity index (χ0v) is 12.0. The van der Waals surface area contributed by atoms with E-state index < -0.39 is 0 Å². The van der Waals surface area contributed by atoms with Gasteiger partial charge in [-0.25, -0.2) is 9.71 Å². The minimum atomic E-state index is 0.127. The highest BCUT2D eigenvalue weighted by Gasteiger charge is 2.37. The SMILES string of the molecule is [O-][n+]1c2c(n(O)c1-c1ccccn1)-c1cccc3cccc-2c13. The third-order valence-corrected chi connectivity index (χ3v) is 4.34. The van der Waals surface area contributed by atoms with Gasteiger partial charge in [-0.1, -0.05) is 30.3 Å². The summed E-state index contributed by atoms with van der Waals surface area (Å²) in [7, 11) is 0. The second kappa shape index (κ2) is 4.10. The van der Waals surface area contributed by atoms with Crippen LogP contribution in [0.3, 0.4) is 0 Å². The van der Waals surface area contributed by atoms with Gasteiger partial charge in [-0.2, -0.15) is 0 Å². The highest BCUT2D eigenvalue weighted by Crippen LogP contribution is 2.46. The number of hydrogen-bond acceptors (Lipinski definition) is 3. The van der Waals surface area contributed by atoms with Gasteiger partial charge >= 0.3 is 5.82 Å². The standard InChI is InChI=1S/C18H11N3O2/c22-20-16-12-7-3-5-11-6-4-8-13(15(11)12)17(16)21(23)18(20)14-9-1-2-10-19-14/h1-10,22H. The van der Waals surface area contributed by atoms with Gasteiger partial charge in [0.1, 0.15) is 0 Å². The van der Waals surface area contributed by atoms with Crippen LogP contribution in [-0.4, -0.2) is 14.9 Å². The molecule has 0 saturated carbocycles. The Labute approximate surface area is 131 Å². The van der Waals surface area contributed by atoms with Gasteiger partial charge < -0.3 is 10.4 Å². The van der Waals surface area contributed by atoms with Gasteiger partial charge in [0.15, 0.2) is 11.4 Å². The predicted octanol–water partition coefficient (Wildman–Crippen LogP) is 3.22. The summed E-state index contributed by atoms with van der Waals surface area (Å²) < 4.78 is 1.73. The summed E-state index contributed by atoms with van der Waals surface area (Å²) in [5, 5.41) is 25.6. The molecule has 0 amide bonds. The van der Waals surface area contributed by atoms with Crippen LogP contribution in [0.2, 0.25) is 0 Å². The van der Waals surface area contributed by atoms with E-state index in [-0.39, 0.29) is 5.82 Å². The molecule has 1 N–H and O–H groups in total. The van der Waals surface area contributed by atoms with Crippen LogP contribution in [0.15, 0.2) is 60.8 Å². The molecule has 0 unspecified atom stereocenters. The Morgan fingerprint density at radius 1 is 0.957 bits per heavy atom. The molecule has 110 valence electrons. The number of hydrogen-bond donors (Lipinski definition) is 1. The van der Waals surface area contributed by atoms with Crippen LogP contribution in [-0.2, 0) is 0 Å². The summed E-state index contributed by atoms with van der Waals surface area (Å²) in [6.45, 7) is 0. The lowest BCUT2D eigenvalue weighted by atomic mass is 10.0. The fourth-order valence-corrected chi connectivity index (χ4v) is 3.42. The van der Waals surface area contributed by atoms with E-state index >= 15 is 0 Å². The van der Waals surface area contributed by atoms with E-state index in [1.165, 1.54) is 0 Å². The van der Waals surface area contributed by atoms with E-state index in [1.807, 2.05) is 36.4 Å². The largest absolute Gasteiger partial charge is 0.710 e. The summed E-state index contributed by atoms with van der Waals surface area (Å²) in [6.07, 6.45) is 1.60. The van der Waals surface area contributed by atoms with Crippen LogP contribution in [0.4, 0.5) is 0 Å². The molecule has 2 heterocycles. The number of imidazole rings is 1. The topological polar surface area (TPSA) is 65.0 Å². The molecule has 5 rings (SSSR count). The van der Waals surface area contributed by atoms with Crippen LogP contribution in [0.5, 0.6) is 0 Å². The summed E-state index contributed by atoms with van der Waals surface area (Å²) in [6, 6.07) is 17.0. The maximum atomic E-state index is 12.9. The number of benzene rings is 2. The first kappa shape index (κ1) is 12.2. The first-order valence-corrected chi connectivity index (χ1v) is 7.29. The van der Waals surface area contributed by atoms with Crippen LogP contribution < -0.4 is 4.73 Å². The maximum Gasteiger partial charge on any atom is 0.351 e. The van der Waals surface area contributed by atoms with Crippen molar-refractivity contribution in [3.63, 3.8) is 0 Å². The van der Waals surface area contributed by atoms with Crippen molar-refractivity contribution in [2.24, 2.45) is 0 Å². The fraction of sp³-hybridized carbons (Fsp3) is 0. The van der Waals surface area contributed by atoms with Crippen LogP contribution in [0, 0.1) is 5.21 Å². The molecule has 0 radical (unpaired) electrons. The monoisotopic (exact) mass is 301 g/mol. The highest BCUT2D eigenvalue weighted by molar-refractivity contribution is 6.13. The van der Waals surface area contributed by atoms with E-state index in [2.05, 4.69) is 4.98 Å². The number of nitrogens with zero attached hydrogens (tertiary/aromatic N) is 3. The summed E-state index contributed by atoms with van der Waals surface area (Å²) >= 11 is 0. The first-order valence-electron chi connectivity index (χ1n) is 7.29. The van der Waals surface area contributed by atoms with Crippen LogP contribution >= 0.6 is 0 Å². The van der Waals surface area contributed by atoms with E-state index in [9.17, 15) is 10.4 Å². The smallest absolute Gasteiger partial charge is 0.351 e. The van der Waals surface area contributed by atoms with Crippen molar-refractivity contribution in [2.45, 2.75) is 0 Å². The molecule has 4 aromatic rings. The van der Waals surface area contributed by atoms with Gasteiger partial charge in [-0.3, -0.25) is 0 Å². The average molecular weight is 301 g/mol. The van der Waals surface area contributed by atoms with Crippen molar-refractivity contribution in [1.82, 2.24) is 9.71 Å². The van der Waals surface area contributed by atoms with Crippen molar-refractivity contribution in [3.05, 3.63) is 66.0 Å². The second-order valence-electron chi connectivity index (χ2n) is 5.55. The molecule has 0 saturated heterocycles. The molecule has 0 bridgehead atoms. The lowest BCUT2D eigenvalue weighted by Crippen LogP contribution is -2.30. The third kappa shape index (κ3) is 1.41. The number of pyridine rings is 1. The third-order valence-electron chi connectivity index (χ3n) is 4.34. The average Bonchev–Trinajstić information content (AvgIpc) is 3.05. The second-order valence-corrected chi connectivity index (χ2v) is 5.55. The minimum Gasteiger partial charge on any atom is -0.710 e. The molecule has 0 aliphatic heterocycles. The molecule has 2 aromatic carbocycles. The van der Waals surface area contributed by atoms with Crippen molar-refractivity contribution >= 4 is 10.8 Å². The summed E-state index contributed by atoms with van der Waals surface area (Å²) in [5.74, 6) is 0.127. The molecule has 1 aliphatic carbocycles. The first-order chi connectivity index (χ1) is 11.3. The predicted molar refractivity (Wildman–Crippen MR) is 85.7 cm³/mol. The lowest BCUT2D eigenvalue weighted by Gasteiger charge is -2.07. The summed E-state index contributed by atoms with van der Waals surface area (Å²) in [4.78, 5) is 4.19. The Bertz CT molecular complexity index is 1020. The molecule has 23 heavy (non-hydrogen) atoms. The van der Waals surface area contributed by atoms with Crippen molar-refractivity contribution in [1.29, 1.82) is 0 Å². The number of fused-ring (bicyclic) bond motifs is 3. The van der Waals surface area contributed by atoms with E-state index in [1.54, 1.807) is 24.4 Å². The zero-order chi connectivity index (χ0) is 15.6. The van der Waals surface area contributed by atoms with E-state index in [0.717, 1.165) is 31.4 Å². The molecular formula is C18H11N3O2. The normalized spacial score (nSPS) is 11.8.